The van der Waals surface area contributed by atoms with Gasteiger partial charge in [-0.25, -0.2) is 0 Å². The van der Waals surface area contributed by atoms with Gasteiger partial charge in [-0.1, -0.05) is 39.3 Å². The zero-order chi connectivity index (χ0) is 7.40. The summed E-state index contributed by atoms with van der Waals surface area (Å²) in [7, 11) is 1.38. The molecule has 10 heavy (non-hydrogen) atoms. The Bertz CT molecular complexity index is 90.7. The van der Waals surface area contributed by atoms with E-state index in [0.717, 1.165) is 11.8 Å². The van der Waals surface area contributed by atoms with Crippen LogP contribution in [0.25, 0.3) is 0 Å². The first kappa shape index (κ1) is 8.16. The second-order valence-corrected chi connectivity index (χ2v) is 3.93. The lowest BCUT2D eigenvalue weighted by molar-refractivity contribution is 0.500. The van der Waals surface area contributed by atoms with Crippen LogP contribution in [0.15, 0.2) is 0 Å². The van der Waals surface area contributed by atoms with E-state index < -0.39 is 0 Å². The van der Waals surface area contributed by atoms with Gasteiger partial charge in [-0.05, 0) is 18.3 Å². The highest BCUT2D eigenvalue weighted by Crippen LogP contribution is 2.33. The quantitative estimate of drug-likeness (QED) is 0.526. The fourth-order valence-corrected chi connectivity index (χ4v) is 2.08. The molecule has 2 atom stereocenters. The van der Waals surface area contributed by atoms with E-state index in [9.17, 15) is 0 Å². The molecule has 58 valence electrons. The maximum absolute atomic E-state index is 2.39. The lowest BCUT2D eigenvalue weighted by Gasteiger charge is -2.06. The van der Waals surface area contributed by atoms with Crippen LogP contribution in [0.3, 0.4) is 0 Å². The second-order valence-electron chi connectivity index (χ2n) is 3.93. The summed E-state index contributed by atoms with van der Waals surface area (Å²) in [6.07, 6.45) is 7.48. The van der Waals surface area contributed by atoms with Crippen molar-refractivity contribution in [3.8, 4) is 0 Å². The molecule has 1 aliphatic carbocycles. The maximum Gasteiger partial charge on any atom is 0.117 e. The fourth-order valence-electron chi connectivity index (χ4n) is 2.08. The monoisotopic (exact) mass is 138 g/mol. The van der Waals surface area contributed by atoms with Crippen LogP contribution in [0.1, 0.15) is 32.6 Å². The van der Waals surface area contributed by atoms with E-state index in [2.05, 4.69) is 13.7 Å². The van der Waals surface area contributed by atoms with Crippen LogP contribution in [0.2, 0.25) is 13.1 Å². The van der Waals surface area contributed by atoms with Crippen molar-refractivity contribution < 1.29 is 0 Å². The molecule has 0 spiro atoms. The molecule has 1 fully saturated rings. The first-order valence-corrected chi connectivity index (χ1v) is 4.83. The zero-order valence-electron chi connectivity index (χ0n) is 7.40. The fraction of sp³-hybridized carbons (Fsp3) is 1.00. The zero-order valence-corrected chi connectivity index (χ0v) is 7.40. The second kappa shape index (κ2) is 4.05. The van der Waals surface area contributed by atoms with Crippen molar-refractivity contribution in [1.82, 2.24) is 0 Å². The van der Waals surface area contributed by atoms with Gasteiger partial charge in [0.25, 0.3) is 0 Å². The summed E-state index contributed by atoms with van der Waals surface area (Å²) in [6.45, 7) is 4.68. The van der Waals surface area contributed by atoms with Gasteiger partial charge in [0.1, 0.15) is 7.28 Å². The van der Waals surface area contributed by atoms with Gasteiger partial charge in [-0.2, -0.15) is 0 Å². The Kier molecular flexibility index (Phi) is 3.31. The Balaban J connectivity index is 2.06. The molecule has 1 heteroatoms. The molecule has 0 heterocycles. The van der Waals surface area contributed by atoms with Gasteiger partial charge in [-0.15, -0.1) is 0 Å². The first-order chi connectivity index (χ1) is 4.83. The van der Waals surface area contributed by atoms with Crippen molar-refractivity contribution in [3.05, 3.63) is 0 Å². The molecular weight excluding hydrogens is 119 g/mol. The molecule has 0 bridgehead atoms. The summed E-state index contributed by atoms with van der Waals surface area (Å²) in [5.74, 6) is 2.12. The minimum atomic E-state index is 1.03. The van der Waals surface area contributed by atoms with Gasteiger partial charge in [0.15, 0.2) is 0 Å². The topological polar surface area (TPSA) is 0 Å². The van der Waals surface area contributed by atoms with Gasteiger partial charge in [-0.3, -0.25) is 0 Å². The van der Waals surface area contributed by atoms with Crippen LogP contribution in [0.4, 0.5) is 0 Å². The van der Waals surface area contributed by atoms with Gasteiger partial charge in [0.2, 0.25) is 0 Å². The van der Waals surface area contributed by atoms with Crippen LogP contribution < -0.4 is 0 Å². The van der Waals surface area contributed by atoms with Gasteiger partial charge in [0, 0.05) is 0 Å². The Hall–Kier alpha value is 0.0649. The Morgan fingerprint density at radius 1 is 1.40 bits per heavy atom. The van der Waals surface area contributed by atoms with Crippen LogP contribution in [-0.4, -0.2) is 7.28 Å². The Morgan fingerprint density at radius 2 is 2.20 bits per heavy atom. The lowest BCUT2D eigenvalue weighted by Crippen LogP contribution is -1.95. The SMILES string of the molecule is CBCC[C@@H]1CCC(C)C1. The molecule has 0 nitrogen and oxygen atoms in total. The van der Waals surface area contributed by atoms with E-state index in [0.29, 0.717) is 0 Å². The predicted molar refractivity (Wildman–Crippen MR) is 48.9 cm³/mol. The van der Waals surface area contributed by atoms with E-state index in [-0.39, 0.29) is 0 Å². The average molecular weight is 138 g/mol. The van der Waals surface area contributed by atoms with Crippen molar-refractivity contribution in [2.24, 2.45) is 11.8 Å². The summed E-state index contributed by atoms with van der Waals surface area (Å²) in [4.78, 5) is 0. The van der Waals surface area contributed by atoms with Crippen molar-refractivity contribution in [2.75, 3.05) is 0 Å². The van der Waals surface area contributed by atoms with Crippen LogP contribution in [0.5, 0.6) is 0 Å². The van der Waals surface area contributed by atoms with Crippen molar-refractivity contribution in [2.45, 2.75) is 45.8 Å². The molecule has 1 unspecified atom stereocenters. The minimum absolute atomic E-state index is 1.03. The molecule has 0 N–H and O–H groups in total. The number of hydrogen-bond donors (Lipinski definition) is 0. The smallest absolute Gasteiger partial charge is 0.0893 e. The summed E-state index contributed by atoms with van der Waals surface area (Å²) in [5.41, 5.74) is 0. The molecule has 0 aromatic heterocycles. The minimum Gasteiger partial charge on any atom is -0.0893 e. The van der Waals surface area contributed by atoms with Crippen LogP contribution in [0, 0.1) is 11.8 Å². The van der Waals surface area contributed by atoms with Gasteiger partial charge in [0.05, 0.1) is 0 Å². The molecule has 1 rings (SSSR count). The first-order valence-electron chi connectivity index (χ1n) is 4.83. The molecule has 0 aliphatic heterocycles. The standard InChI is InChI=1S/C9H19B/c1-8-3-4-9(7-8)5-6-10-2/h8-10H,3-7H2,1-2H3/t8?,9-/m0/s1. The molecule has 1 saturated carbocycles. The predicted octanol–water partition coefficient (Wildman–Crippen LogP) is 2.72. The largest absolute Gasteiger partial charge is 0.117 e. The molecule has 0 aromatic carbocycles. The molecule has 0 saturated heterocycles. The summed E-state index contributed by atoms with van der Waals surface area (Å²) < 4.78 is 0. The number of hydrogen-bond acceptors (Lipinski definition) is 0. The highest BCUT2D eigenvalue weighted by molar-refractivity contribution is 6.33. The summed E-state index contributed by atoms with van der Waals surface area (Å²) in [6, 6.07) is 0. The van der Waals surface area contributed by atoms with Crippen LogP contribution >= 0.6 is 0 Å². The van der Waals surface area contributed by atoms with Crippen molar-refractivity contribution >= 4 is 7.28 Å². The third-order valence-corrected chi connectivity index (χ3v) is 2.77. The van der Waals surface area contributed by atoms with E-state index in [1.54, 1.807) is 0 Å². The third-order valence-electron chi connectivity index (χ3n) is 2.77. The van der Waals surface area contributed by atoms with Gasteiger partial charge >= 0.3 is 0 Å². The van der Waals surface area contributed by atoms with Crippen LogP contribution in [-0.2, 0) is 0 Å². The molecule has 0 radical (unpaired) electrons. The van der Waals surface area contributed by atoms with E-state index in [1.807, 2.05) is 0 Å². The van der Waals surface area contributed by atoms with Crippen molar-refractivity contribution in [1.29, 1.82) is 0 Å². The normalized spacial score (nSPS) is 32.6. The molecular formula is C9H19B. The number of rotatable bonds is 3. The van der Waals surface area contributed by atoms with E-state index >= 15 is 0 Å². The molecule has 1 aliphatic rings. The maximum atomic E-state index is 2.39. The molecule has 0 amide bonds. The Labute approximate surface area is 65.6 Å². The third kappa shape index (κ3) is 2.36. The lowest BCUT2D eigenvalue weighted by atomic mass is 9.74. The van der Waals surface area contributed by atoms with Crippen molar-refractivity contribution in [3.63, 3.8) is 0 Å². The van der Waals surface area contributed by atoms with E-state index in [4.69, 9.17) is 0 Å². The highest BCUT2D eigenvalue weighted by atomic mass is 14.2. The molecule has 0 aromatic rings. The van der Waals surface area contributed by atoms with Gasteiger partial charge < -0.3 is 0 Å². The van der Waals surface area contributed by atoms with E-state index in [1.165, 1.54) is 39.3 Å². The summed E-state index contributed by atoms with van der Waals surface area (Å²) in [5, 5.41) is 0. The average Bonchev–Trinajstić information content (AvgIpc) is 2.31. The highest BCUT2D eigenvalue weighted by Gasteiger charge is 2.19. The summed E-state index contributed by atoms with van der Waals surface area (Å²) >= 11 is 0. The Morgan fingerprint density at radius 3 is 2.70 bits per heavy atom.